The zero-order valence-corrected chi connectivity index (χ0v) is 14.6. The van der Waals surface area contributed by atoms with Gasteiger partial charge < -0.3 is 4.90 Å². The Balaban J connectivity index is 1.72. The van der Waals surface area contributed by atoms with Crippen LogP contribution in [0.25, 0.3) is 0 Å². The fourth-order valence-electron chi connectivity index (χ4n) is 3.35. The average Bonchev–Trinajstić information content (AvgIpc) is 3.06. The monoisotopic (exact) mass is 341 g/mol. The number of amides is 1. The Hall–Kier alpha value is -2.63. The second-order valence-electron chi connectivity index (χ2n) is 6.70. The zero-order valence-electron chi connectivity index (χ0n) is 14.6. The predicted molar refractivity (Wildman–Crippen MR) is 95.6 cm³/mol. The third kappa shape index (κ3) is 3.73. The minimum Gasteiger partial charge on any atom is -0.338 e. The summed E-state index contributed by atoms with van der Waals surface area (Å²) in [5, 5.41) is 0. The highest BCUT2D eigenvalue weighted by molar-refractivity contribution is 5.76. The molecular weight excluding hydrogens is 318 g/mol. The normalized spacial score (nSPS) is 17.0. The van der Waals surface area contributed by atoms with E-state index in [-0.39, 0.29) is 24.1 Å². The summed E-state index contributed by atoms with van der Waals surface area (Å²) in [4.78, 5) is 38.1. The molecule has 0 spiro atoms. The van der Waals surface area contributed by atoms with E-state index in [1.54, 1.807) is 0 Å². The van der Waals surface area contributed by atoms with Crippen molar-refractivity contribution in [3.63, 3.8) is 0 Å². The van der Waals surface area contributed by atoms with Crippen LogP contribution in [0, 0.1) is 6.92 Å². The average molecular weight is 341 g/mol. The summed E-state index contributed by atoms with van der Waals surface area (Å²) >= 11 is 0. The van der Waals surface area contributed by atoms with Crippen molar-refractivity contribution in [2.75, 3.05) is 6.54 Å². The highest BCUT2D eigenvalue weighted by Gasteiger charge is 2.28. The summed E-state index contributed by atoms with van der Waals surface area (Å²) in [5.74, 6) is -0.0737. The maximum absolute atomic E-state index is 12.7. The van der Waals surface area contributed by atoms with Crippen LogP contribution < -0.4 is 11.2 Å². The number of aryl methyl sites for hydroxylation is 1. The van der Waals surface area contributed by atoms with Crippen molar-refractivity contribution in [1.82, 2.24) is 14.0 Å². The molecule has 2 aromatic rings. The summed E-state index contributed by atoms with van der Waals surface area (Å²) in [6.45, 7) is 2.74. The predicted octanol–water partition coefficient (Wildman–Crippen LogP) is 1.09. The molecule has 6 nitrogen and oxygen atoms in total. The minimum absolute atomic E-state index is 0.0304. The molecule has 6 heteroatoms. The van der Waals surface area contributed by atoms with Crippen LogP contribution in [0.15, 0.2) is 46.1 Å². The van der Waals surface area contributed by atoms with Crippen molar-refractivity contribution < 1.29 is 4.79 Å². The molecule has 0 unspecified atom stereocenters. The van der Waals surface area contributed by atoms with Crippen LogP contribution in [0.4, 0.5) is 0 Å². The molecule has 1 aliphatic rings. The zero-order chi connectivity index (χ0) is 18.0. The lowest BCUT2D eigenvalue weighted by Crippen LogP contribution is -2.43. The van der Waals surface area contributed by atoms with Gasteiger partial charge in [-0.2, -0.15) is 0 Å². The first-order chi connectivity index (χ1) is 12.0. The van der Waals surface area contributed by atoms with Crippen LogP contribution in [0.2, 0.25) is 0 Å². The Bertz CT molecular complexity index is 880. The van der Waals surface area contributed by atoms with Gasteiger partial charge in [0, 0.05) is 31.9 Å². The van der Waals surface area contributed by atoms with Crippen LogP contribution in [0.3, 0.4) is 0 Å². The van der Waals surface area contributed by atoms with Gasteiger partial charge in [-0.3, -0.25) is 18.7 Å². The van der Waals surface area contributed by atoms with Gasteiger partial charge in [-0.25, -0.2) is 4.79 Å². The summed E-state index contributed by atoms with van der Waals surface area (Å²) in [6.07, 6.45) is 4.17. The lowest BCUT2D eigenvalue weighted by Gasteiger charge is -2.25. The third-order valence-corrected chi connectivity index (χ3v) is 4.86. The second-order valence-corrected chi connectivity index (χ2v) is 6.70. The van der Waals surface area contributed by atoms with E-state index in [2.05, 4.69) is 31.2 Å². The van der Waals surface area contributed by atoms with Gasteiger partial charge in [0.25, 0.3) is 5.56 Å². The first-order valence-corrected chi connectivity index (χ1v) is 8.57. The molecule has 1 saturated heterocycles. The lowest BCUT2D eigenvalue weighted by molar-refractivity contribution is -0.132. The van der Waals surface area contributed by atoms with Crippen LogP contribution in [-0.2, 0) is 24.8 Å². The Morgan fingerprint density at radius 1 is 1.16 bits per heavy atom. The Labute approximate surface area is 146 Å². The molecule has 0 radical (unpaired) electrons. The Morgan fingerprint density at radius 2 is 1.88 bits per heavy atom. The van der Waals surface area contributed by atoms with E-state index in [1.807, 2.05) is 4.90 Å². The third-order valence-electron chi connectivity index (χ3n) is 4.86. The summed E-state index contributed by atoms with van der Waals surface area (Å²) in [7, 11) is 1.42. The Morgan fingerprint density at radius 3 is 2.60 bits per heavy atom. The number of carbonyl (C=O) groups is 1. The number of likely N-dealkylation sites (tertiary alicyclic amines) is 1. The molecule has 132 valence electrons. The minimum atomic E-state index is -0.463. The number of benzene rings is 1. The van der Waals surface area contributed by atoms with E-state index >= 15 is 0 Å². The van der Waals surface area contributed by atoms with Gasteiger partial charge in [0.05, 0.1) is 0 Å². The number of carbonyl (C=O) groups excluding carboxylic acids is 1. The van der Waals surface area contributed by atoms with Crippen LogP contribution >= 0.6 is 0 Å². The van der Waals surface area contributed by atoms with E-state index in [0.29, 0.717) is 0 Å². The first kappa shape index (κ1) is 17.2. The van der Waals surface area contributed by atoms with Gasteiger partial charge in [-0.1, -0.05) is 29.8 Å². The smallest absolute Gasteiger partial charge is 0.331 e. The van der Waals surface area contributed by atoms with Gasteiger partial charge in [0.2, 0.25) is 5.91 Å². The van der Waals surface area contributed by atoms with Crippen LogP contribution in [0.1, 0.15) is 24.0 Å². The van der Waals surface area contributed by atoms with Crippen molar-refractivity contribution in [2.24, 2.45) is 7.05 Å². The molecule has 1 atom stereocenters. The second kappa shape index (κ2) is 7.09. The maximum atomic E-state index is 12.7. The van der Waals surface area contributed by atoms with Crippen molar-refractivity contribution in [3.05, 3.63) is 68.5 Å². The first-order valence-electron chi connectivity index (χ1n) is 8.57. The molecule has 2 heterocycles. The fraction of sp³-hybridized carbons (Fsp3) is 0.421. The van der Waals surface area contributed by atoms with Gasteiger partial charge in [0.15, 0.2) is 0 Å². The molecular formula is C19H23N3O3. The van der Waals surface area contributed by atoms with Crippen molar-refractivity contribution in [3.8, 4) is 0 Å². The van der Waals surface area contributed by atoms with E-state index in [0.717, 1.165) is 30.4 Å². The number of hydrogen-bond acceptors (Lipinski definition) is 3. The lowest BCUT2D eigenvalue weighted by atomic mass is 10.0. The molecule has 1 amide bonds. The molecule has 0 bridgehead atoms. The van der Waals surface area contributed by atoms with E-state index in [1.165, 1.54) is 35.0 Å². The summed E-state index contributed by atoms with van der Waals surface area (Å²) in [6, 6.07) is 9.85. The number of nitrogens with zero attached hydrogens (tertiary/aromatic N) is 3. The van der Waals surface area contributed by atoms with Crippen LogP contribution in [-0.4, -0.2) is 32.5 Å². The molecule has 0 N–H and O–H groups in total. The molecule has 3 rings (SSSR count). The van der Waals surface area contributed by atoms with Crippen molar-refractivity contribution >= 4 is 5.91 Å². The van der Waals surface area contributed by atoms with Gasteiger partial charge in [0.1, 0.15) is 6.54 Å². The van der Waals surface area contributed by atoms with E-state index in [9.17, 15) is 14.4 Å². The van der Waals surface area contributed by atoms with Gasteiger partial charge >= 0.3 is 5.69 Å². The molecule has 1 fully saturated rings. The maximum Gasteiger partial charge on any atom is 0.331 e. The molecule has 1 aromatic carbocycles. The highest BCUT2D eigenvalue weighted by Crippen LogP contribution is 2.21. The quantitative estimate of drug-likeness (QED) is 0.836. The molecule has 1 aliphatic heterocycles. The van der Waals surface area contributed by atoms with Crippen molar-refractivity contribution in [1.29, 1.82) is 0 Å². The summed E-state index contributed by atoms with van der Waals surface area (Å²) in [5.41, 5.74) is 1.61. The fourth-order valence-corrected chi connectivity index (χ4v) is 3.35. The van der Waals surface area contributed by atoms with E-state index in [4.69, 9.17) is 0 Å². The number of hydrogen-bond donors (Lipinski definition) is 0. The number of aromatic nitrogens is 2. The SMILES string of the molecule is Cc1ccc(C[C@@H]2CCCN2C(=O)Cn2ccc(=O)n(C)c2=O)cc1. The van der Waals surface area contributed by atoms with Gasteiger partial charge in [-0.05, 0) is 31.7 Å². The van der Waals surface area contributed by atoms with Crippen LogP contribution in [0.5, 0.6) is 0 Å². The molecule has 1 aromatic heterocycles. The van der Waals surface area contributed by atoms with Crippen molar-refractivity contribution in [2.45, 2.75) is 38.8 Å². The highest BCUT2D eigenvalue weighted by atomic mass is 16.2. The Kier molecular flexibility index (Phi) is 4.88. The molecule has 0 aliphatic carbocycles. The van der Waals surface area contributed by atoms with Gasteiger partial charge in [-0.15, -0.1) is 0 Å². The van der Waals surface area contributed by atoms with E-state index < -0.39 is 5.69 Å². The molecule has 0 saturated carbocycles. The molecule has 25 heavy (non-hydrogen) atoms. The largest absolute Gasteiger partial charge is 0.338 e. The standard InChI is InChI=1S/C19H23N3O3/c1-14-5-7-15(8-6-14)12-16-4-3-10-22(16)18(24)13-21-11-9-17(23)20(2)19(21)25/h5-9,11,16H,3-4,10,12-13H2,1-2H3/t16-/m0/s1. The topological polar surface area (TPSA) is 64.3 Å². The number of rotatable bonds is 4. The summed E-state index contributed by atoms with van der Waals surface area (Å²) < 4.78 is 2.31.